The first kappa shape index (κ1) is 22.3. The van der Waals surface area contributed by atoms with Gasteiger partial charge in [-0.2, -0.15) is 0 Å². The predicted molar refractivity (Wildman–Crippen MR) is 143 cm³/mol. The third kappa shape index (κ3) is 2.97. The number of pyridine rings is 1. The molecule has 0 amide bonds. The Balaban J connectivity index is 1.62. The number of fused-ring (bicyclic) bond motifs is 3. The van der Waals surface area contributed by atoms with Crippen molar-refractivity contribution in [3.05, 3.63) is 83.1 Å². The van der Waals surface area contributed by atoms with E-state index < -0.39 is 0 Å². The standard InChI is InChI=1S/C32H34NO2/c1-19-15-16-21-20-12-11-13-22(27(20)34-28(21)26(19)25-14-9-10-17-33(25)8)23-18-24-29(30(23,2)3)32(6,7)35-31(24,4)5/h9-18H,1-8H3/q+1. The van der Waals surface area contributed by atoms with Crippen LogP contribution in [0.4, 0.5) is 0 Å². The molecule has 3 nitrogen and oxygen atoms in total. The van der Waals surface area contributed by atoms with Crippen molar-refractivity contribution in [2.24, 2.45) is 12.5 Å². The van der Waals surface area contributed by atoms with Crippen LogP contribution in [0.5, 0.6) is 0 Å². The van der Waals surface area contributed by atoms with E-state index in [1.165, 1.54) is 27.8 Å². The van der Waals surface area contributed by atoms with E-state index >= 15 is 0 Å². The molecule has 1 aliphatic heterocycles. The number of nitrogens with zero attached hydrogens (tertiary/aromatic N) is 1. The smallest absolute Gasteiger partial charge is 0.216 e. The van der Waals surface area contributed by atoms with Gasteiger partial charge in [-0.25, -0.2) is 4.57 Å². The van der Waals surface area contributed by atoms with Gasteiger partial charge in [-0.1, -0.05) is 50.3 Å². The lowest BCUT2D eigenvalue weighted by Crippen LogP contribution is -2.34. The van der Waals surface area contributed by atoms with Crippen LogP contribution in [0.2, 0.25) is 0 Å². The number of aromatic nitrogens is 1. The molecule has 0 saturated carbocycles. The molecule has 2 aliphatic rings. The first-order valence-corrected chi connectivity index (χ1v) is 12.5. The lowest BCUT2D eigenvalue weighted by atomic mass is 9.72. The van der Waals surface area contributed by atoms with Crippen molar-refractivity contribution in [3.63, 3.8) is 0 Å². The van der Waals surface area contributed by atoms with Gasteiger partial charge in [-0.3, -0.25) is 0 Å². The third-order valence-electron chi connectivity index (χ3n) is 8.09. The zero-order valence-corrected chi connectivity index (χ0v) is 22.0. The van der Waals surface area contributed by atoms with Crippen molar-refractivity contribution < 1.29 is 13.7 Å². The molecule has 35 heavy (non-hydrogen) atoms. The average molecular weight is 465 g/mol. The summed E-state index contributed by atoms with van der Waals surface area (Å²) in [5.74, 6) is 0. The van der Waals surface area contributed by atoms with Crippen LogP contribution < -0.4 is 4.57 Å². The molecule has 0 saturated heterocycles. The van der Waals surface area contributed by atoms with Gasteiger partial charge < -0.3 is 9.15 Å². The van der Waals surface area contributed by atoms with Gasteiger partial charge in [0, 0.05) is 33.9 Å². The molecule has 3 heteroatoms. The summed E-state index contributed by atoms with van der Waals surface area (Å²) >= 11 is 0. The van der Waals surface area contributed by atoms with Gasteiger partial charge in [0.1, 0.15) is 18.2 Å². The Morgan fingerprint density at radius 2 is 1.51 bits per heavy atom. The Morgan fingerprint density at radius 3 is 2.23 bits per heavy atom. The number of rotatable bonds is 2. The molecule has 0 spiro atoms. The van der Waals surface area contributed by atoms with Crippen LogP contribution in [0, 0.1) is 12.3 Å². The number of furan rings is 1. The summed E-state index contributed by atoms with van der Waals surface area (Å²) in [5, 5.41) is 2.32. The van der Waals surface area contributed by atoms with Crippen molar-refractivity contribution in [2.45, 2.75) is 59.7 Å². The number of para-hydroxylation sites is 1. The summed E-state index contributed by atoms with van der Waals surface area (Å²) in [5.41, 5.74) is 9.81. The molecule has 3 heterocycles. The lowest BCUT2D eigenvalue weighted by molar-refractivity contribution is -0.660. The maximum Gasteiger partial charge on any atom is 0.216 e. The van der Waals surface area contributed by atoms with Crippen LogP contribution in [0.1, 0.15) is 52.7 Å². The molecule has 0 N–H and O–H groups in total. The van der Waals surface area contributed by atoms with Crippen LogP contribution >= 0.6 is 0 Å². The van der Waals surface area contributed by atoms with Crippen LogP contribution in [0.3, 0.4) is 0 Å². The monoisotopic (exact) mass is 464 g/mol. The van der Waals surface area contributed by atoms with Crippen molar-refractivity contribution in [3.8, 4) is 11.3 Å². The highest BCUT2D eigenvalue weighted by Gasteiger charge is 2.54. The molecule has 4 aromatic rings. The maximum absolute atomic E-state index is 6.83. The van der Waals surface area contributed by atoms with Crippen molar-refractivity contribution in [1.82, 2.24) is 0 Å². The molecule has 0 radical (unpaired) electrons. The maximum atomic E-state index is 6.83. The summed E-state index contributed by atoms with van der Waals surface area (Å²) < 4.78 is 15.5. The minimum atomic E-state index is -0.314. The molecule has 178 valence electrons. The van der Waals surface area contributed by atoms with Gasteiger partial charge in [0.05, 0.1) is 16.8 Å². The molecule has 2 aromatic heterocycles. The first-order chi connectivity index (χ1) is 16.4. The van der Waals surface area contributed by atoms with E-state index in [-0.39, 0.29) is 16.6 Å². The Kier molecular flexibility index (Phi) is 4.43. The van der Waals surface area contributed by atoms with E-state index in [1.54, 1.807) is 0 Å². The van der Waals surface area contributed by atoms with Gasteiger partial charge in [-0.05, 0) is 63.0 Å². The van der Waals surface area contributed by atoms with Gasteiger partial charge in [0.15, 0.2) is 6.20 Å². The highest BCUT2D eigenvalue weighted by molar-refractivity contribution is 6.12. The molecular weight excluding hydrogens is 430 g/mol. The average Bonchev–Trinajstić information content (AvgIpc) is 3.34. The third-order valence-corrected chi connectivity index (χ3v) is 8.09. The molecule has 0 fully saturated rings. The van der Waals surface area contributed by atoms with Crippen LogP contribution in [0.25, 0.3) is 38.8 Å². The molecule has 6 rings (SSSR count). The Bertz CT molecular complexity index is 1610. The number of hydrogen-bond donors (Lipinski definition) is 0. The Morgan fingerprint density at radius 1 is 0.771 bits per heavy atom. The minimum absolute atomic E-state index is 0.162. The van der Waals surface area contributed by atoms with Gasteiger partial charge in [-0.15, -0.1) is 0 Å². The fourth-order valence-corrected chi connectivity index (χ4v) is 6.85. The van der Waals surface area contributed by atoms with Gasteiger partial charge in [0.25, 0.3) is 0 Å². The van der Waals surface area contributed by atoms with E-state index in [2.05, 4.69) is 121 Å². The molecule has 0 unspecified atom stereocenters. The molecule has 1 aliphatic carbocycles. The second kappa shape index (κ2) is 6.95. The molecular formula is C32H34NO2+. The largest absolute Gasteiger partial charge is 0.455 e. The zero-order valence-electron chi connectivity index (χ0n) is 22.0. The fourth-order valence-electron chi connectivity index (χ4n) is 6.85. The lowest BCUT2D eigenvalue weighted by Gasteiger charge is -2.36. The fraction of sp³-hybridized carbons (Fsp3) is 0.344. The van der Waals surface area contributed by atoms with E-state index in [1.807, 2.05) is 0 Å². The van der Waals surface area contributed by atoms with E-state index in [0.29, 0.717) is 0 Å². The van der Waals surface area contributed by atoms with E-state index in [9.17, 15) is 0 Å². The quantitative estimate of drug-likeness (QED) is 0.284. The summed E-state index contributed by atoms with van der Waals surface area (Å²) in [6, 6.07) is 17.3. The topological polar surface area (TPSA) is 26.2 Å². The number of allylic oxidation sites excluding steroid dienone is 1. The molecule has 0 bridgehead atoms. The predicted octanol–water partition coefficient (Wildman–Crippen LogP) is 7.69. The highest BCUT2D eigenvalue weighted by Crippen LogP contribution is 2.60. The summed E-state index contributed by atoms with van der Waals surface area (Å²) in [6.07, 6.45) is 4.46. The number of benzene rings is 2. The summed E-state index contributed by atoms with van der Waals surface area (Å²) in [4.78, 5) is 0. The second-order valence-electron chi connectivity index (χ2n) is 11.7. The van der Waals surface area contributed by atoms with Crippen LogP contribution in [0.15, 0.2) is 76.4 Å². The Labute approximate surface area is 207 Å². The molecule has 0 atom stereocenters. The van der Waals surface area contributed by atoms with Crippen molar-refractivity contribution >= 4 is 27.5 Å². The number of hydrogen-bond acceptors (Lipinski definition) is 2. The zero-order chi connectivity index (χ0) is 24.9. The van der Waals surface area contributed by atoms with E-state index in [0.717, 1.165) is 33.2 Å². The minimum Gasteiger partial charge on any atom is -0.455 e. The van der Waals surface area contributed by atoms with Crippen LogP contribution in [-0.2, 0) is 11.8 Å². The second-order valence-corrected chi connectivity index (χ2v) is 11.7. The van der Waals surface area contributed by atoms with Crippen molar-refractivity contribution in [2.75, 3.05) is 0 Å². The summed E-state index contributed by atoms with van der Waals surface area (Å²) in [7, 11) is 2.09. The van der Waals surface area contributed by atoms with Gasteiger partial charge >= 0.3 is 0 Å². The molecule has 2 aromatic carbocycles. The van der Waals surface area contributed by atoms with Crippen LogP contribution in [-0.4, -0.2) is 11.2 Å². The highest BCUT2D eigenvalue weighted by atomic mass is 16.5. The first-order valence-electron chi connectivity index (χ1n) is 12.5. The van der Waals surface area contributed by atoms with Crippen molar-refractivity contribution in [1.29, 1.82) is 0 Å². The SMILES string of the molecule is Cc1ccc2c(oc3c(C4=CC5=C(C(C)(C)OC5(C)C)C4(C)C)cccc32)c1-c1cccc[n+]1C. The summed E-state index contributed by atoms with van der Waals surface area (Å²) in [6.45, 7) is 15.6. The van der Waals surface area contributed by atoms with Gasteiger partial charge in [0.2, 0.25) is 5.69 Å². The van der Waals surface area contributed by atoms with E-state index in [4.69, 9.17) is 9.15 Å². The number of aryl methyl sites for hydroxylation is 2. The Hall–Kier alpha value is -3.17. The number of ether oxygens (including phenoxy) is 1. The normalized spacial score (nSPS) is 20.1.